The maximum absolute atomic E-state index is 4.66. The van der Waals surface area contributed by atoms with E-state index in [2.05, 4.69) is 69.7 Å². The monoisotopic (exact) mass is 391 g/mol. The number of hydrazone groups is 1. The molecule has 3 aliphatic rings. The number of nitrogens with one attached hydrogen (secondary N) is 2. The molecule has 0 bridgehead atoms. The van der Waals surface area contributed by atoms with Gasteiger partial charge in [0.15, 0.2) is 0 Å². The van der Waals surface area contributed by atoms with Gasteiger partial charge in [0.25, 0.3) is 0 Å². The highest BCUT2D eigenvalue weighted by molar-refractivity contribution is 6.02. The molecule has 5 nitrogen and oxygen atoms in total. The number of hydrogen-bond acceptors (Lipinski definition) is 5. The molecule has 0 aromatic heterocycles. The maximum Gasteiger partial charge on any atom is 0.0780 e. The lowest BCUT2D eigenvalue weighted by Crippen LogP contribution is -2.47. The Labute approximate surface area is 175 Å². The zero-order chi connectivity index (χ0) is 20.8. The minimum atomic E-state index is 0.157. The molecular weight excluding hydrogens is 358 g/mol. The summed E-state index contributed by atoms with van der Waals surface area (Å²) in [5, 5.41) is 7.99. The molecule has 0 saturated carbocycles. The van der Waals surface area contributed by atoms with Crippen LogP contribution in [0, 0.1) is 11.8 Å². The van der Waals surface area contributed by atoms with E-state index in [0.717, 1.165) is 61.1 Å². The fourth-order valence-corrected chi connectivity index (χ4v) is 4.04. The molecule has 3 rings (SSSR count). The van der Waals surface area contributed by atoms with Crippen molar-refractivity contribution in [3.8, 4) is 0 Å². The standard InChI is InChI=1S/C24H33N5/c1-6-7-8-10-18(2)29-15-13-28(14-16-29)17-23-19(3)24-21(20(4)26-27-23)11-9-12-22(24)25-5/h6-12,21,24-26H,2-4,13-17H2,1,5H3/b7-6-,10-8-. The first kappa shape index (κ1) is 20.9. The third-order valence-electron chi connectivity index (χ3n) is 5.80. The van der Waals surface area contributed by atoms with E-state index in [0.29, 0.717) is 0 Å². The van der Waals surface area contributed by atoms with Gasteiger partial charge in [-0.15, -0.1) is 0 Å². The molecule has 2 N–H and O–H groups in total. The summed E-state index contributed by atoms with van der Waals surface area (Å²) in [7, 11) is 1.96. The van der Waals surface area contributed by atoms with Crippen LogP contribution in [0.5, 0.6) is 0 Å². The number of rotatable bonds is 6. The second-order valence-electron chi connectivity index (χ2n) is 7.62. The van der Waals surface area contributed by atoms with Crippen LogP contribution in [-0.4, -0.2) is 55.3 Å². The van der Waals surface area contributed by atoms with Crippen LogP contribution in [0.2, 0.25) is 0 Å². The molecule has 0 spiro atoms. The molecule has 2 heterocycles. The Bertz CT molecular complexity index is 803. The summed E-state index contributed by atoms with van der Waals surface area (Å²) < 4.78 is 0. The van der Waals surface area contributed by atoms with Crippen LogP contribution in [0.25, 0.3) is 0 Å². The average molecular weight is 392 g/mol. The first-order valence-electron chi connectivity index (χ1n) is 10.3. The first-order valence-corrected chi connectivity index (χ1v) is 10.3. The van der Waals surface area contributed by atoms with Crippen molar-refractivity contribution in [1.82, 2.24) is 20.5 Å². The highest BCUT2D eigenvalue weighted by atomic mass is 15.3. The van der Waals surface area contributed by atoms with Gasteiger partial charge >= 0.3 is 0 Å². The van der Waals surface area contributed by atoms with Gasteiger partial charge in [-0.05, 0) is 24.6 Å². The maximum atomic E-state index is 4.66. The summed E-state index contributed by atoms with van der Waals surface area (Å²) in [6.45, 7) is 19.5. The summed E-state index contributed by atoms with van der Waals surface area (Å²) >= 11 is 0. The number of hydrogen-bond donors (Lipinski definition) is 2. The zero-order valence-corrected chi connectivity index (χ0v) is 17.7. The third-order valence-corrected chi connectivity index (χ3v) is 5.80. The highest BCUT2D eigenvalue weighted by Gasteiger charge is 2.34. The lowest BCUT2D eigenvalue weighted by molar-refractivity contribution is 0.179. The summed E-state index contributed by atoms with van der Waals surface area (Å²) in [6, 6.07) is 0. The second kappa shape index (κ2) is 9.61. The normalized spacial score (nSPS) is 25.5. The van der Waals surface area contributed by atoms with Crippen molar-refractivity contribution in [3.05, 3.63) is 84.9 Å². The van der Waals surface area contributed by atoms with Crippen molar-refractivity contribution >= 4 is 5.71 Å². The minimum absolute atomic E-state index is 0.157. The summed E-state index contributed by atoms with van der Waals surface area (Å²) in [5.74, 6) is 0.324. The molecule has 0 aromatic rings. The largest absolute Gasteiger partial charge is 0.391 e. The third kappa shape index (κ3) is 4.80. The van der Waals surface area contributed by atoms with Crippen LogP contribution >= 0.6 is 0 Å². The molecule has 2 aliphatic heterocycles. The molecule has 1 aliphatic carbocycles. The number of piperazine rings is 1. The van der Waals surface area contributed by atoms with E-state index in [1.807, 2.05) is 32.2 Å². The van der Waals surface area contributed by atoms with Crippen LogP contribution < -0.4 is 10.7 Å². The molecule has 2 unspecified atom stereocenters. The van der Waals surface area contributed by atoms with Crippen molar-refractivity contribution in [2.24, 2.45) is 16.9 Å². The lowest BCUT2D eigenvalue weighted by Gasteiger charge is -2.37. The fraction of sp³-hybridized carbons (Fsp3) is 0.375. The molecule has 5 heteroatoms. The van der Waals surface area contributed by atoms with Crippen LogP contribution in [0.3, 0.4) is 0 Å². The van der Waals surface area contributed by atoms with E-state index >= 15 is 0 Å². The Balaban J connectivity index is 1.63. The minimum Gasteiger partial charge on any atom is -0.391 e. The molecule has 154 valence electrons. The van der Waals surface area contributed by atoms with E-state index in [1.54, 1.807) is 0 Å². The topological polar surface area (TPSA) is 42.9 Å². The highest BCUT2D eigenvalue weighted by Crippen LogP contribution is 2.36. The summed E-state index contributed by atoms with van der Waals surface area (Å²) in [6.07, 6.45) is 14.5. The molecule has 0 radical (unpaired) electrons. The van der Waals surface area contributed by atoms with Gasteiger partial charge in [-0.25, -0.2) is 0 Å². The molecule has 0 aromatic carbocycles. The Kier molecular flexibility index (Phi) is 6.94. The second-order valence-corrected chi connectivity index (χ2v) is 7.62. The zero-order valence-electron chi connectivity index (χ0n) is 17.7. The van der Waals surface area contributed by atoms with Gasteiger partial charge in [-0.2, -0.15) is 5.10 Å². The quantitative estimate of drug-likeness (QED) is 0.683. The SMILES string of the molecule is C=C1NN=C(CN2CCN(C(=C)/C=C\C=C/C)CC2)C(=C)C2C(NC)=CC=CC12. The van der Waals surface area contributed by atoms with Crippen LogP contribution in [0.15, 0.2) is 90.0 Å². The van der Waals surface area contributed by atoms with Gasteiger partial charge in [0.1, 0.15) is 0 Å². The Morgan fingerprint density at radius 1 is 1.28 bits per heavy atom. The summed E-state index contributed by atoms with van der Waals surface area (Å²) in [5.41, 5.74) is 8.39. The molecular formula is C24H33N5. The molecule has 29 heavy (non-hydrogen) atoms. The van der Waals surface area contributed by atoms with Gasteiger partial charge in [0.2, 0.25) is 0 Å². The van der Waals surface area contributed by atoms with Gasteiger partial charge in [0, 0.05) is 68.7 Å². The number of nitrogens with zero attached hydrogens (tertiary/aromatic N) is 3. The smallest absolute Gasteiger partial charge is 0.0780 e. The van der Waals surface area contributed by atoms with E-state index in [9.17, 15) is 0 Å². The van der Waals surface area contributed by atoms with Crippen molar-refractivity contribution in [2.75, 3.05) is 39.8 Å². The van der Waals surface area contributed by atoms with Crippen molar-refractivity contribution in [2.45, 2.75) is 6.92 Å². The first-order chi connectivity index (χ1) is 14.0. The van der Waals surface area contributed by atoms with E-state index in [1.165, 1.54) is 0 Å². The van der Waals surface area contributed by atoms with E-state index in [4.69, 9.17) is 0 Å². The van der Waals surface area contributed by atoms with Gasteiger partial charge in [-0.3, -0.25) is 10.3 Å². The Morgan fingerprint density at radius 3 is 2.72 bits per heavy atom. The van der Waals surface area contributed by atoms with Gasteiger partial charge < -0.3 is 10.2 Å². The molecule has 0 amide bonds. The molecule has 1 saturated heterocycles. The van der Waals surface area contributed by atoms with Crippen LogP contribution in [0.1, 0.15) is 6.92 Å². The van der Waals surface area contributed by atoms with Crippen molar-refractivity contribution in [3.63, 3.8) is 0 Å². The molecule has 2 atom stereocenters. The van der Waals surface area contributed by atoms with Crippen molar-refractivity contribution < 1.29 is 0 Å². The predicted octanol–water partition coefficient (Wildman–Crippen LogP) is 3.18. The summed E-state index contributed by atoms with van der Waals surface area (Å²) in [4.78, 5) is 4.78. The van der Waals surface area contributed by atoms with Crippen LogP contribution in [0.4, 0.5) is 0 Å². The predicted molar refractivity (Wildman–Crippen MR) is 123 cm³/mol. The molecule has 1 fully saturated rings. The van der Waals surface area contributed by atoms with E-state index in [-0.39, 0.29) is 11.8 Å². The Morgan fingerprint density at radius 2 is 2.03 bits per heavy atom. The van der Waals surface area contributed by atoms with E-state index < -0.39 is 0 Å². The van der Waals surface area contributed by atoms with Gasteiger partial charge in [0.05, 0.1) is 5.71 Å². The fourth-order valence-electron chi connectivity index (χ4n) is 4.04. The lowest BCUT2D eigenvalue weighted by atomic mass is 9.78. The van der Waals surface area contributed by atoms with Crippen molar-refractivity contribution in [1.29, 1.82) is 0 Å². The van der Waals surface area contributed by atoms with Gasteiger partial charge in [-0.1, -0.05) is 50.1 Å². The Hall–Kier alpha value is -2.79. The number of fused-ring (bicyclic) bond motifs is 1. The average Bonchev–Trinajstić information content (AvgIpc) is 2.86. The number of allylic oxidation sites excluding steroid dienone is 8. The van der Waals surface area contributed by atoms with Crippen LogP contribution in [-0.2, 0) is 0 Å².